The van der Waals surface area contributed by atoms with E-state index in [4.69, 9.17) is 4.74 Å². The Morgan fingerprint density at radius 1 is 1.55 bits per heavy atom. The summed E-state index contributed by atoms with van der Waals surface area (Å²) < 4.78 is 4.96. The number of nitrogens with zero attached hydrogens (tertiary/aromatic N) is 2. The van der Waals surface area contributed by atoms with Crippen molar-refractivity contribution >= 4 is 11.7 Å². The van der Waals surface area contributed by atoms with Crippen molar-refractivity contribution in [1.29, 1.82) is 5.26 Å². The molecule has 0 atom stereocenters. The minimum absolute atomic E-state index is 0.00216. The summed E-state index contributed by atoms with van der Waals surface area (Å²) in [7, 11) is 0. The van der Waals surface area contributed by atoms with E-state index in [1.807, 2.05) is 6.07 Å². The van der Waals surface area contributed by atoms with Gasteiger partial charge >= 0.3 is 5.97 Å². The Morgan fingerprint density at radius 2 is 2.25 bits per heavy atom. The van der Waals surface area contributed by atoms with Crippen molar-refractivity contribution in [3.8, 4) is 6.07 Å². The summed E-state index contributed by atoms with van der Waals surface area (Å²) in [5, 5.41) is 9.24. The lowest BCUT2D eigenvalue weighted by atomic mass is 9.73. The molecule has 1 aliphatic carbocycles. The van der Waals surface area contributed by atoms with Crippen LogP contribution < -0.4 is 0 Å². The minimum Gasteiger partial charge on any atom is -0.462 e. The zero-order chi connectivity index (χ0) is 15.2. The summed E-state index contributed by atoms with van der Waals surface area (Å²) in [6, 6.07) is 2.00. The molecule has 0 spiro atoms. The number of allylic oxidation sites excluding steroid dienone is 1. The van der Waals surface area contributed by atoms with Gasteiger partial charge in [0.15, 0.2) is 0 Å². The molecule has 0 aromatic carbocycles. The van der Waals surface area contributed by atoms with Gasteiger partial charge in [0.25, 0.3) is 0 Å². The molecule has 1 aliphatic rings. The van der Waals surface area contributed by atoms with Gasteiger partial charge in [-0.3, -0.25) is 4.99 Å². The molecule has 20 heavy (non-hydrogen) atoms. The molecule has 0 saturated heterocycles. The lowest BCUT2D eigenvalue weighted by Crippen LogP contribution is -2.26. The van der Waals surface area contributed by atoms with E-state index in [9.17, 15) is 10.1 Å². The first kappa shape index (κ1) is 16.2. The van der Waals surface area contributed by atoms with Crippen LogP contribution in [-0.2, 0) is 9.53 Å². The number of nitriles is 1. The Balaban J connectivity index is 3.11. The van der Waals surface area contributed by atoms with E-state index >= 15 is 0 Å². The van der Waals surface area contributed by atoms with E-state index < -0.39 is 5.97 Å². The van der Waals surface area contributed by atoms with Gasteiger partial charge in [-0.25, -0.2) is 4.79 Å². The number of carbonyl (C=O) groups excluding carboxylic acids is 1. The molecule has 0 unspecified atom stereocenters. The number of rotatable bonds is 4. The summed E-state index contributed by atoms with van der Waals surface area (Å²) in [6.07, 6.45) is 3.93. The first-order valence-corrected chi connectivity index (χ1v) is 6.86. The zero-order valence-electron chi connectivity index (χ0n) is 12.5. The Morgan fingerprint density at radius 3 is 2.80 bits per heavy atom. The Hall–Kier alpha value is -1.89. The number of hydrogen-bond donors (Lipinski definition) is 0. The van der Waals surface area contributed by atoms with Gasteiger partial charge in [0.2, 0.25) is 0 Å². The third kappa shape index (κ3) is 4.34. The van der Waals surface area contributed by atoms with E-state index in [2.05, 4.69) is 25.4 Å². The monoisotopic (exact) mass is 274 g/mol. The van der Waals surface area contributed by atoms with Crippen molar-refractivity contribution < 1.29 is 9.53 Å². The fourth-order valence-corrected chi connectivity index (χ4v) is 2.52. The van der Waals surface area contributed by atoms with Crippen LogP contribution in [0.15, 0.2) is 28.8 Å². The lowest BCUT2D eigenvalue weighted by Gasteiger charge is -2.32. The van der Waals surface area contributed by atoms with Crippen molar-refractivity contribution in [1.82, 2.24) is 0 Å². The number of esters is 1. The largest absolute Gasteiger partial charge is 0.462 e. The Bertz CT molecular complexity index is 493. The van der Waals surface area contributed by atoms with Crippen molar-refractivity contribution in [3.63, 3.8) is 0 Å². The molecule has 1 saturated carbocycles. The molecule has 0 amide bonds. The summed E-state index contributed by atoms with van der Waals surface area (Å²) in [4.78, 5) is 16.3. The molecule has 0 aromatic rings. The van der Waals surface area contributed by atoms with Crippen molar-refractivity contribution in [3.05, 3.63) is 23.8 Å². The molecule has 0 bridgehead atoms. The lowest BCUT2D eigenvalue weighted by molar-refractivity contribution is -0.138. The van der Waals surface area contributed by atoms with Crippen LogP contribution >= 0.6 is 0 Å². The maximum atomic E-state index is 11.8. The molecular weight excluding hydrogens is 252 g/mol. The standard InChI is InChI=1S/C16H22N2O2/c1-5-7-18-13-8-12(9-16(3,4)10-13)14(11-17)15(19)20-6-2/h5H,1,6-10H2,2-4H3. The van der Waals surface area contributed by atoms with Crippen molar-refractivity contribution in [2.24, 2.45) is 10.4 Å². The molecule has 0 radical (unpaired) electrons. The van der Waals surface area contributed by atoms with Crippen LogP contribution in [0.1, 0.15) is 40.0 Å². The van der Waals surface area contributed by atoms with E-state index in [1.165, 1.54) is 0 Å². The van der Waals surface area contributed by atoms with Gasteiger partial charge in [-0.1, -0.05) is 19.9 Å². The zero-order valence-corrected chi connectivity index (χ0v) is 12.5. The predicted octanol–water partition coefficient (Wildman–Crippen LogP) is 3.21. The quantitative estimate of drug-likeness (QED) is 0.342. The van der Waals surface area contributed by atoms with Gasteiger partial charge in [0, 0.05) is 12.1 Å². The van der Waals surface area contributed by atoms with Crippen molar-refractivity contribution in [2.75, 3.05) is 13.2 Å². The summed E-state index contributed by atoms with van der Waals surface area (Å²) in [6.45, 7) is 10.5. The van der Waals surface area contributed by atoms with Crippen LogP contribution in [0.2, 0.25) is 0 Å². The topological polar surface area (TPSA) is 62.5 Å². The van der Waals surface area contributed by atoms with Gasteiger partial charge in [0.1, 0.15) is 11.6 Å². The van der Waals surface area contributed by atoms with Gasteiger partial charge in [-0.2, -0.15) is 5.26 Å². The van der Waals surface area contributed by atoms with Crippen LogP contribution in [0, 0.1) is 16.7 Å². The molecule has 0 N–H and O–H groups in total. The minimum atomic E-state index is -0.522. The van der Waals surface area contributed by atoms with Gasteiger partial charge in [0.05, 0.1) is 13.2 Å². The van der Waals surface area contributed by atoms with Crippen LogP contribution in [-0.4, -0.2) is 24.8 Å². The van der Waals surface area contributed by atoms with Gasteiger partial charge < -0.3 is 4.74 Å². The molecule has 4 nitrogen and oxygen atoms in total. The highest BCUT2D eigenvalue weighted by Crippen LogP contribution is 2.38. The highest BCUT2D eigenvalue weighted by molar-refractivity contribution is 5.97. The van der Waals surface area contributed by atoms with Crippen molar-refractivity contribution in [2.45, 2.75) is 40.0 Å². The highest BCUT2D eigenvalue weighted by Gasteiger charge is 2.31. The third-order valence-electron chi connectivity index (χ3n) is 3.18. The first-order chi connectivity index (χ1) is 9.43. The Labute approximate surface area is 120 Å². The summed E-state index contributed by atoms with van der Waals surface area (Å²) >= 11 is 0. The second kappa shape index (κ2) is 7.04. The summed E-state index contributed by atoms with van der Waals surface area (Å²) in [5.41, 5.74) is 2.01. The number of carbonyl (C=O) groups is 1. The molecule has 0 aromatic heterocycles. The van der Waals surface area contributed by atoms with Crippen LogP contribution in [0.3, 0.4) is 0 Å². The van der Waals surface area contributed by atoms with Gasteiger partial charge in [-0.15, -0.1) is 6.58 Å². The number of aliphatic imine (C=N–C) groups is 1. The van der Waals surface area contributed by atoms with Crippen LogP contribution in [0.5, 0.6) is 0 Å². The molecule has 0 aliphatic heterocycles. The first-order valence-electron chi connectivity index (χ1n) is 6.86. The maximum absolute atomic E-state index is 11.8. The fourth-order valence-electron chi connectivity index (χ4n) is 2.52. The van der Waals surface area contributed by atoms with E-state index in [0.29, 0.717) is 13.0 Å². The SMILES string of the molecule is C=CCN=C1CC(=C(C#N)C(=O)OCC)CC(C)(C)C1. The smallest absolute Gasteiger partial charge is 0.348 e. The molecule has 4 heteroatoms. The molecular formula is C16H22N2O2. The molecule has 108 valence electrons. The number of hydrogen-bond acceptors (Lipinski definition) is 4. The average Bonchev–Trinajstić information content (AvgIpc) is 2.35. The molecule has 1 rings (SSSR count). The van der Waals surface area contributed by atoms with E-state index in [0.717, 1.165) is 24.1 Å². The van der Waals surface area contributed by atoms with Crippen LogP contribution in [0.25, 0.3) is 0 Å². The van der Waals surface area contributed by atoms with E-state index in [1.54, 1.807) is 13.0 Å². The number of ether oxygens (including phenoxy) is 1. The molecule has 0 heterocycles. The maximum Gasteiger partial charge on any atom is 0.348 e. The second-order valence-corrected chi connectivity index (χ2v) is 5.70. The third-order valence-corrected chi connectivity index (χ3v) is 3.18. The fraction of sp³-hybridized carbons (Fsp3) is 0.562. The van der Waals surface area contributed by atoms with Gasteiger partial charge in [-0.05, 0) is 30.8 Å². The average molecular weight is 274 g/mol. The predicted molar refractivity (Wildman–Crippen MR) is 79.4 cm³/mol. The second-order valence-electron chi connectivity index (χ2n) is 5.70. The highest BCUT2D eigenvalue weighted by atomic mass is 16.5. The Kier molecular flexibility index (Phi) is 5.69. The molecule has 1 fully saturated rings. The van der Waals surface area contributed by atoms with E-state index in [-0.39, 0.29) is 17.6 Å². The normalized spacial score (nSPS) is 22.0. The summed E-state index contributed by atoms with van der Waals surface area (Å²) in [5.74, 6) is -0.522. The van der Waals surface area contributed by atoms with Crippen LogP contribution in [0.4, 0.5) is 0 Å².